The fourth-order valence-corrected chi connectivity index (χ4v) is 1.90. The number of nitrogens with one attached hydrogen (secondary N) is 1. The minimum atomic E-state index is -0.00537. The third-order valence-electron chi connectivity index (χ3n) is 2.80. The van der Waals surface area contributed by atoms with Gasteiger partial charge < -0.3 is 10.2 Å². The van der Waals surface area contributed by atoms with Crippen molar-refractivity contribution in [3.05, 3.63) is 0 Å². The van der Waals surface area contributed by atoms with Gasteiger partial charge in [-0.15, -0.1) is 0 Å². The van der Waals surface area contributed by atoms with Crippen molar-refractivity contribution in [2.24, 2.45) is 5.92 Å². The summed E-state index contributed by atoms with van der Waals surface area (Å²) in [6.45, 7) is 6.16. The summed E-state index contributed by atoms with van der Waals surface area (Å²) < 4.78 is 0. The maximum absolute atomic E-state index is 12.0. The highest BCUT2D eigenvalue weighted by Crippen LogP contribution is 2.14. The van der Waals surface area contributed by atoms with E-state index in [9.17, 15) is 9.59 Å². The van der Waals surface area contributed by atoms with Crippen molar-refractivity contribution in [1.29, 1.82) is 0 Å². The van der Waals surface area contributed by atoms with Gasteiger partial charge in [0.15, 0.2) is 0 Å². The summed E-state index contributed by atoms with van der Waals surface area (Å²) in [6, 6.07) is 0. The largest absolute Gasteiger partial charge is 0.355 e. The van der Waals surface area contributed by atoms with E-state index in [4.69, 9.17) is 0 Å². The van der Waals surface area contributed by atoms with E-state index in [0.717, 1.165) is 19.5 Å². The van der Waals surface area contributed by atoms with Gasteiger partial charge in [0.1, 0.15) is 0 Å². The normalized spacial score (nSPS) is 20.9. The number of carbonyl (C=O) groups is 2. The Balaban J connectivity index is 2.47. The van der Waals surface area contributed by atoms with Gasteiger partial charge in [0, 0.05) is 26.1 Å². The van der Waals surface area contributed by atoms with Crippen LogP contribution in [-0.2, 0) is 9.59 Å². The molecular weight excluding hydrogens is 192 g/mol. The van der Waals surface area contributed by atoms with Gasteiger partial charge in [-0.3, -0.25) is 9.59 Å². The van der Waals surface area contributed by atoms with Crippen LogP contribution in [0.2, 0.25) is 0 Å². The molecule has 0 aromatic carbocycles. The average Bonchev–Trinajstić information content (AvgIpc) is 2.26. The van der Waals surface area contributed by atoms with Crippen LogP contribution in [0.5, 0.6) is 0 Å². The van der Waals surface area contributed by atoms with E-state index >= 15 is 0 Å². The van der Waals surface area contributed by atoms with Crippen LogP contribution in [0, 0.1) is 5.92 Å². The maximum atomic E-state index is 12.0. The van der Waals surface area contributed by atoms with Crippen LogP contribution in [0.3, 0.4) is 0 Å². The highest BCUT2D eigenvalue weighted by atomic mass is 16.2. The molecule has 0 aromatic rings. The summed E-state index contributed by atoms with van der Waals surface area (Å²) in [4.78, 5) is 24.8. The zero-order chi connectivity index (χ0) is 11.3. The molecule has 86 valence electrons. The summed E-state index contributed by atoms with van der Waals surface area (Å²) in [7, 11) is 0. The zero-order valence-corrected chi connectivity index (χ0v) is 9.58. The molecule has 15 heavy (non-hydrogen) atoms. The smallest absolute Gasteiger partial charge is 0.227 e. The van der Waals surface area contributed by atoms with Gasteiger partial charge in [-0.25, -0.2) is 0 Å². The van der Waals surface area contributed by atoms with Crippen molar-refractivity contribution in [3.8, 4) is 0 Å². The predicted molar refractivity (Wildman–Crippen MR) is 58.3 cm³/mol. The third-order valence-corrected chi connectivity index (χ3v) is 2.80. The monoisotopic (exact) mass is 212 g/mol. The van der Waals surface area contributed by atoms with Crippen molar-refractivity contribution < 1.29 is 9.59 Å². The van der Waals surface area contributed by atoms with Crippen LogP contribution in [0.25, 0.3) is 0 Å². The van der Waals surface area contributed by atoms with Crippen molar-refractivity contribution in [2.45, 2.75) is 33.1 Å². The van der Waals surface area contributed by atoms with Gasteiger partial charge in [0.2, 0.25) is 11.8 Å². The number of nitrogens with zero attached hydrogens (tertiary/aromatic N) is 1. The summed E-state index contributed by atoms with van der Waals surface area (Å²) in [6.07, 6.45) is 2.17. The van der Waals surface area contributed by atoms with E-state index in [2.05, 4.69) is 12.2 Å². The fourth-order valence-electron chi connectivity index (χ4n) is 1.90. The summed E-state index contributed by atoms with van der Waals surface area (Å²) in [5.41, 5.74) is 0. The number of rotatable bonds is 4. The second kappa shape index (κ2) is 5.73. The van der Waals surface area contributed by atoms with E-state index in [1.807, 2.05) is 11.8 Å². The third kappa shape index (κ3) is 3.22. The maximum Gasteiger partial charge on any atom is 0.227 e. The molecule has 0 bridgehead atoms. The molecule has 0 aliphatic carbocycles. The molecule has 1 rings (SSSR count). The Bertz CT molecular complexity index is 231. The molecule has 1 fully saturated rings. The highest BCUT2D eigenvalue weighted by Gasteiger charge is 2.27. The molecule has 4 nitrogen and oxygen atoms in total. The van der Waals surface area contributed by atoms with Gasteiger partial charge in [-0.1, -0.05) is 6.92 Å². The second-order valence-corrected chi connectivity index (χ2v) is 3.96. The standard InChI is InChI=1S/C11H20N2O2/c1-3-7-13(4-2)11(15)9-5-6-10(14)12-8-9/h9H,3-8H2,1-2H3,(H,12,14). The predicted octanol–water partition coefficient (Wildman–Crippen LogP) is 0.771. The molecule has 2 amide bonds. The van der Waals surface area contributed by atoms with Gasteiger partial charge in [0.05, 0.1) is 5.92 Å². The molecule has 1 aliphatic rings. The first-order chi connectivity index (χ1) is 7.19. The summed E-state index contributed by atoms with van der Waals surface area (Å²) in [5, 5.41) is 2.75. The lowest BCUT2D eigenvalue weighted by molar-refractivity contribution is -0.137. The number of hydrogen-bond acceptors (Lipinski definition) is 2. The van der Waals surface area contributed by atoms with Gasteiger partial charge in [-0.2, -0.15) is 0 Å². The average molecular weight is 212 g/mol. The van der Waals surface area contributed by atoms with Crippen molar-refractivity contribution in [1.82, 2.24) is 10.2 Å². The Labute approximate surface area is 91.0 Å². The van der Waals surface area contributed by atoms with E-state index < -0.39 is 0 Å². The van der Waals surface area contributed by atoms with Crippen LogP contribution in [0.4, 0.5) is 0 Å². The molecule has 1 saturated heterocycles. The van der Waals surface area contributed by atoms with E-state index in [-0.39, 0.29) is 17.7 Å². The number of amides is 2. The van der Waals surface area contributed by atoms with Gasteiger partial charge in [0.25, 0.3) is 0 Å². The first-order valence-corrected chi connectivity index (χ1v) is 5.74. The van der Waals surface area contributed by atoms with Crippen molar-refractivity contribution >= 4 is 11.8 Å². The Hall–Kier alpha value is -1.06. The van der Waals surface area contributed by atoms with E-state index in [1.165, 1.54) is 0 Å². The Morgan fingerprint density at radius 1 is 1.53 bits per heavy atom. The Kier molecular flexibility index (Phi) is 4.59. The van der Waals surface area contributed by atoms with Crippen LogP contribution in [-0.4, -0.2) is 36.3 Å². The van der Waals surface area contributed by atoms with Crippen LogP contribution >= 0.6 is 0 Å². The molecule has 1 heterocycles. The molecule has 0 saturated carbocycles. The molecule has 1 unspecified atom stereocenters. The minimum Gasteiger partial charge on any atom is -0.355 e. The molecule has 1 N–H and O–H groups in total. The molecule has 0 spiro atoms. The van der Waals surface area contributed by atoms with E-state index in [0.29, 0.717) is 19.4 Å². The van der Waals surface area contributed by atoms with Gasteiger partial charge >= 0.3 is 0 Å². The first kappa shape index (κ1) is 12.0. The van der Waals surface area contributed by atoms with E-state index in [1.54, 1.807) is 0 Å². The Morgan fingerprint density at radius 2 is 2.27 bits per heavy atom. The number of piperidine rings is 1. The van der Waals surface area contributed by atoms with Crippen molar-refractivity contribution in [2.75, 3.05) is 19.6 Å². The number of carbonyl (C=O) groups excluding carboxylic acids is 2. The van der Waals surface area contributed by atoms with Crippen molar-refractivity contribution in [3.63, 3.8) is 0 Å². The lowest BCUT2D eigenvalue weighted by Crippen LogP contribution is -2.45. The SMILES string of the molecule is CCCN(CC)C(=O)C1CCC(=O)NC1. The molecule has 0 aromatic heterocycles. The topological polar surface area (TPSA) is 49.4 Å². The molecule has 4 heteroatoms. The second-order valence-electron chi connectivity index (χ2n) is 3.96. The molecule has 1 atom stereocenters. The van der Waals surface area contributed by atoms with Gasteiger partial charge in [-0.05, 0) is 19.8 Å². The summed E-state index contributed by atoms with van der Waals surface area (Å²) >= 11 is 0. The molecule has 1 aliphatic heterocycles. The molecule has 0 radical (unpaired) electrons. The number of hydrogen-bond donors (Lipinski definition) is 1. The quantitative estimate of drug-likeness (QED) is 0.748. The first-order valence-electron chi connectivity index (χ1n) is 5.74. The zero-order valence-electron chi connectivity index (χ0n) is 9.58. The van der Waals surface area contributed by atoms with Crippen LogP contribution < -0.4 is 5.32 Å². The molecular formula is C11H20N2O2. The summed E-state index contributed by atoms with van der Waals surface area (Å²) in [5.74, 6) is 0.256. The lowest BCUT2D eigenvalue weighted by Gasteiger charge is -2.28. The fraction of sp³-hybridized carbons (Fsp3) is 0.818. The highest BCUT2D eigenvalue weighted by molar-refractivity contribution is 5.83. The van der Waals surface area contributed by atoms with Crippen LogP contribution in [0.15, 0.2) is 0 Å². The Morgan fingerprint density at radius 3 is 2.73 bits per heavy atom. The minimum absolute atomic E-state index is 0.00537. The lowest BCUT2D eigenvalue weighted by atomic mass is 9.97. The van der Waals surface area contributed by atoms with Crippen LogP contribution in [0.1, 0.15) is 33.1 Å².